The average Bonchev–Trinajstić information content (AvgIpc) is 2.83. The highest BCUT2D eigenvalue weighted by atomic mass is 16.5. The maximum Gasteiger partial charge on any atom is 0.339 e. The maximum absolute atomic E-state index is 11.1. The number of fused-ring (bicyclic) bond motifs is 1. The summed E-state index contributed by atoms with van der Waals surface area (Å²) in [6.07, 6.45) is 3.69. The lowest BCUT2D eigenvalue weighted by Gasteiger charge is -2.18. The fraction of sp³-hybridized carbons (Fsp3) is 0.417. The Morgan fingerprint density at radius 3 is 3.17 bits per heavy atom. The molecular weight excluding hydrogens is 234 g/mol. The second kappa shape index (κ2) is 4.38. The summed E-state index contributed by atoms with van der Waals surface area (Å²) in [5.41, 5.74) is 0.568. The average molecular weight is 247 g/mol. The Labute approximate surface area is 103 Å². The molecule has 0 spiro atoms. The van der Waals surface area contributed by atoms with Crippen LogP contribution in [0, 0.1) is 0 Å². The fourth-order valence-corrected chi connectivity index (χ4v) is 2.21. The molecule has 2 aromatic heterocycles. The number of rotatable bonds is 2. The predicted molar refractivity (Wildman–Crippen MR) is 62.7 cm³/mol. The Morgan fingerprint density at radius 1 is 1.56 bits per heavy atom. The van der Waals surface area contributed by atoms with Gasteiger partial charge in [-0.2, -0.15) is 5.10 Å². The minimum atomic E-state index is -0.987. The van der Waals surface area contributed by atoms with Crippen molar-refractivity contribution >= 4 is 11.6 Å². The van der Waals surface area contributed by atoms with Crippen LogP contribution in [-0.2, 0) is 4.74 Å². The summed E-state index contributed by atoms with van der Waals surface area (Å²) in [5, 5.41) is 13.4. The van der Waals surface area contributed by atoms with Gasteiger partial charge in [-0.15, -0.1) is 0 Å². The Hall–Kier alpha value is -1.95. The first kappa shape index (κ1) is 11.2. The number of ether oxygens (including phenoxy) is 1. The number of aromatic nitrogens is 3. The molecule has 1 aliphatic rings. The molecule has 0 radical (unpaired) electrons. The number of aromatic carboxylic acids is 1. The van der Waals surface area contributed by atoms with Crippen molar-refractivity contribution in [2.24, 2.45) is 0 Å². The molecule has 1 N–H and O–H groups in total. The third-order valence-electron chi connectivity index (χ3n) is 3.13. The Morgan fingerprint density at radius 2 is 2.44 bits per heavy atom. The zero-order valence-corrected chi connectivity index (χ0v) is 9.74. The van der Waals surface area contributed by atoms with E-state index in [2.05, 4.69) is 10.1 Å². The van der Waals surface area contributed by atoms with Crippen molar-refractivity contribution in [1.29, 1.82) is 0 Å². The van der Waals surface area contributed by atoms with Gasteiger partial charge in [-0.05, 0) is 25.0 Å². The molecule has 1 atom stereocenters. The van der Waals surface area contributed by atoms with Crippen LogP contribution in [0.3, 0.4) is 0 Å². The van der Waals surface area contributed by atoms with Crippen LogP contribution in [0.1, 0.15) is 34.9 Å². The van der Waals surface area contributed by atoms with Crippen LogP contribution < -0.4 is 0 Å². The summed E-state index contributed by atoms with van der Waals surface area (Å²) < 4.78 is 6.93. The summed E-state index contributed by atoms with van der Waals surface area (Å²) >= 11 is 0. The maximum atomic E-state index is 11.1. The van der Waals surface area contributed by atoms with Gasteiger partial charge in [0, 0.05) is 18.7 Å². The van der Waals surface area contributed by atoms with Crippen LogP contribution in [0.5, 0.6) is 0 Å². The van der Waals surface area contributed by atoms with Crippen LogP contribution in [0.15, 0.2) is 18.3 Å². The summed E-state index contributed by atoms with van der Waals surface area (Å²) in [7, 11) is 0. The molecule has 18 heavy (non-hydrogen) atoms. The van der Waals surface area contributed by atoms with Gasteiger partial charge < -0.3 is 9.84 Å². The van der Waals surface area contributed by atoms with Gasteiger partial charge >= 0.3 is 5.97 Å². The number of carboxylic acids is 1. The summed E-state index contributed by atoms with van der Waals surface area (Å²) in [6, 6.07) is 3.19. The predicted octanol–water partition coefficient (Wildman–Crippen LogP) is 1.32. The van der Waals surface area contributed by atoms with Crippen LogP contribution in [-0.4, -0.2) is 38.9 Å². The van der Waals surface area contributed by atoms with Gasteiger partial charge in [-0.25, -0.2) is 14.3 Å². The van der Waals surface area contributed by atoms with E-state index < -0.39 is 5.97 Å². The lowest BCUT2D eigenvalue weighted by molar-refractivity contribution is 0.0698. The molecule has 94 valence electrons. The molecule has 0 saturated carbocycles. The van der Waals surface area contributed by atoms with Gasteiger partial charge in [0.2, 0.25) is 0 Å². The first-order valence-corrected chi connectivity index (χ1v) is 5.92. The largest absolute Gasteiger partial charge is 0.478 e. The molecule has 2 aromatic rings. The van der Waals surface area contributed by atoms with Crippen molar-refractivity contribution in [3.05, 3.63) is 29.7 Å². The van der Waals surface area contributed by atoms with Crippen LogP contribution in [0.25, 0.3) is 5.65 Å². The molecule has 0 bridgehead atoms. The second-order valence-electron chi connectivity index (χ2n) is 4.38. The zero-order valence-electron chi connectivity index (χ0n) is 9.74. The number of carboxylic acid groups (broad SMARTS) is 1. The topological polar surface area (TPSA) is 76.7 Å². The third-order valence-corrected chi connectivity index (χ3v) is 3.13. The molecule has 3 rings (SSSR count). The standard InChI is InChI=1S/C12H13N3O3/c16-12(17)9-4-1-5-15-11(9)13-10(14-15)8-3-2-6-18-7-8/h1,4-5,8H,2-3,6-7H2,(H,16,17). The van der Waals surface area contributed by atoms with E-state index in [1.54, 1.807) is 12.3 Å². The molecule has 1 fully saturated rings. The number of nitrogens with zero attached hydrogens (tertiary/aromatic N) is 3. The van der Waals surface area contributed by atoms with Crippen molar-refractivity contribution < 1.29 is 14.6 Å². The van der Waals surface area contributed by atoms with Gasteiger partial charge in [0.25, 0.3) is 0 Å². The van der Waals surface area contributed by atoms with E-state index in [9.17, 15) is 4.79 Å². The Balaban J connectivity index is 2.04. The van der Waals surface area contributed by atoms with Crippen molar-refractivity contribution in [3.63, 3.8) is 0 Å². The van der Waals surface area contributed by atoms with Gasteiger partial charge in [0.05, 0.1) is 6.61 Å². The molecule has 0 aliphatic carbocycles. The van der Waals surface area contributed by atoms with E-state index in [1.807, 2.05) is 0 Å². The minimum absolute atomic E-state index is 0.167. The highest BCUT2D eigenvalue weighted by Crippen LogP contribution is 2.23. The summed E-state index contributed by atoms with van der Waals surface area (Å²) in [5.74, 6) is -0.150. The second-order valence-corrected chi connectivity index (χ2v) is 4.38. The first-order chi connectivity index (χ1) is 8.75. The Kier molecular flexibility index (Phi) is 2.71. The van der Waals surface area contributed by atoms with E-state index in [0.29, 0.717) is 18.1 Å². The van der Waals surface area contributed by atoms with Gasteiger partial charge in [-0.3, -0.25) is 0 Å². The monoisotopic (exact) mass is 247 g/mol. The molecule has 6 nitrogen and oxygen atoms in total. The SMILES string of the molecule is O=C(O)c1cccn2nc(C3CCCOC3)nc12. The van der Waals surface area contributed by atoms with E-state index in [1.165, 1.54) is 10.6 Å². The van der Waals surface area contributed by atoms with Gasteiger partial charge in [-0.1, -0.05) is 0 Å². The van der Waals surface area contributed by atoms with Crippen LogP contribution >= 0.6 is 0 Å². The van der Waals surface area contributed by atoms with E-state index in [4.69, 9.17) is 9.84 Å². The van der Waals surface area contributed by atoms with Crippen molar-refractivity contribution in [2.45, 2.75) is 18.8 Å². The number of hydrogen-bond donors (Lipinski definition) is 1. The molecule has 1 unspecified atom stereocenters. The van der Waals surface area contributed by atoms with E-state index in [0.717, 1.165) is 19.4 Å². The summed E-state index contributed by atoms with van der Waals surface area (Å²) in [6.45, 7) is 1.39. The quantitative estimate of drug-likeness (QED) is 0.866. The highest BCUT2D eigenvalue weighted by Gasteiger charge is 2.22. The first-order valence-electron chi connectivity index (χ1n) is 5.92. The van der Waals surface area contributed by atoms with Crippen LogP contribution in [0.4, 0.5) is 0 Å². The van der Waals surface area contributed by atoms with Crippen LogP contribution in [0.2, 0.25) is 0 Å². The van der Waals surface area contributed by atoms with E-state index in [-0.39, 0.29) is 11.5 Å². The third kappa shape index (κ3) is 1.84. The molecule has 0 amide bonds. The molecule has 3 heterocycles. The molecular formula is C12H13N3O3. The minimum Gasteiger partial charge on any atom is -0.478 e. The lowest BCUT2D eigenvalue weighted by Crippen LogP contribution is -2.16. The molecule has 1 aliphatic heterocycles. The summed E-state index contributed by atoms with van der Waals surface area (Å²) in [4.78, 5) is 15.4. The van der Waals surface area contributed by atoms with Crippen molar-refractivity contribution in [2.75, 3.05) is 13.2 Å². The number of carbonyl (C=O) groups is 1. The lowest BCUT2D eigenvalue weighted by atomic mass is 10.0. The Bertz CT molecular complexity index is 587. The smallest absolute Gasteiger partial charge is 0.339 e. The number of pyridine rings is 1. The van der Waals surface area contributed by atoms with Gasteiger partial charge in [0.1, 0.15) is 5.56 Å². The number of hydrogen-bond acceptors (Lipinski definition) is 4. The van der Waals surface area contributed by atoms with Crippen molar-refractivity contribution in [1.82, 2.24) is 14.6 Å². The van der Waals surface area contributed by atoms with Crippen molar-refractivity contribution in [3.8, 4) is 0 Å². The zero-order chi connectivity index (χ0) is 12.5. The fourth-order valence-electron chi connectivity index (χ4n) is 2.21. The molecule has 1 saturated heterocycles. The highest BCUT2D eigenvalue weighted by molar-refractivity contribution is 5.94. The van der Waals surface area contributed by atoms with E-state index >= 15 is 0 Å². The normalized spacial score (nSPS) is 20.1. The molecule has 6 heteroatoms. The molecule has 0 aromatic carbocycles. The van der Waals surface area contributed by atoms with Gasteiger partial charge in [0.15, 0.2) is 11.5 Å².